The van der Waals surface area contributed by atoms with E-state index in [-0.39, 0.29) is 0 Å². The lowest BCUT2D eigenvalue weighted by molar-refractivity contribution is 0.162. The summed E-state index contributed by atoms with van der Waals surface area (Å²) in [7, 11) is 0. The lowest BCUT2D eigenvalue weighted by Crippen LogP contribution is -2.24. The lowest BCUT2D eigenvalue weighted by Gasteiger charge is -2.36. The van der Waals surface area contributed by atoms with Crippen molar-refractivity contribution in [3.63, 3.8) is 0 Å². The number of fused-ring (bicyclic) bond motifs is 1. The van der Waals surface area contributed by atoms with E-state index < -0.39 is 6.10 Å². The van der Waals surface area contributed by atoms with E-state index in [1.54, 1.807) is 6.92 Å². The van der Waals surface area contributed by atoms with Gasteiger partial charge in [0.25, 0.3) is 0 Å². The molecule has 1 atom stereocenters. The maximum absolute atomic E-state index is 10.1. The van der Waals surface area contributed by atoms with Crippen LogP contribution in [-0.2, 0) is 0 Å². The minimum atomic E-state index is -0.562. The van der Waals surface area contributed by atoms with Gasteiger partial charge in [0.2, 0.25) is 0 Å². The zero-order chi connectivity index (χ0) is 15.2. The van der Waals surface area contributed by atoms with Crippen LogP contribution in [0.25, 0.3) is 11.0 Å². The van der Waals surface area contributed by atoms with E-state index in [1.807, 2.05) is 18.2 Å². The minimum absolute atomic E-state index is 0.427. The molecule has 0 spiro atoms. The molecule has 1 aliphatic rings. The molecule has 3 N–H and O–H groups in total. The Morgan fingerprint density at radius 1 is 1.33 bits per heavy atom. The van der Waals surface area contributed by atoms with Gasteiger partial charge < -0.3 is 15.4 Å². The molecular weight excluding hydrogens is 262 g/mol. The zero-order valence-electron chi connectivity index (χ0n) is 13.1. The lowest BCUT2D eigenvalue weighted by atomic mass is 9.75. The molecule has 2 aromatic rings. The second kappa shape index (κ2) is 5.02. The fourth-order valence-electron chi connectivity index (χ4n) is 3.46. The van der Waals surface area contributed by atoms with Crippen LogP contribution in [0.4, 0.5) is 5.69 Å². The van der Waals surface area contributed by atoms with E-state index >= 15 is 0 Å². The number of nitrogen functional groups attached to an aromatic ring is 1. The Hall–Kier alpha value is -1.55. The molecule has 1 aromatic carbocycles. The van der Waals surface area contributed by atoms with Crippen molar-refractivity contribution >= 4 is 16.7 Å². The van der Waals surface area contributed by atoms with Crippen LogP contribution in [0.2, 0.25) is 0 Å². The summed E-state index contributed by atoms with van der Waals surface area (Å²) in [6.45, 7) is 6.46. The van der Waals surface area contributed by atoms with Gasteiger partial charge in [0, 0.05) is 11.7 Å². The summed E-state index contributed by atoms with van der Waals surface area (Å²) < 4.78 is 2.24. The average molecular weight is 287 g/mol. The Labute approximate surface area is 126 Å². The molecule has 1 heterocycles. The third kappa shape index (κ3) is 2.64. The topological polar surface area (TPSA) is 64.1 Å². The van der Waals surface area contributed by atoms with Gasteiger partial charge in [0.15, 0.2) is 0 Å². The maximum Gasteiger partial charge on any atom is 0.138 e. The summed E-state index contributed by atoms with van der Waals surface area (Å²) in [5, 5.41) is 10.1. The highest BCUT2D eigenvalue weighted by Gasteiger charge is 2.30. The van der Waals surface area contributed by atoms with Crippen molar-refractivity contribution in [2.45, 2.75) is 58.6 Å². The van der Waals surface area contributed by atoms with Gasteiger partial charge in [0.05, 0.1) is 11.0 Å². The van der Waals surface area contributed by atoms with Crippen molar-refractivity contribution < 1.29 is 5.11 Å². The van der Waals surface area contributed by atoms with E-state index in [4.69, 9.17) is 5.73 Å². The van der Waals surface area contributed by atoms with E-state index in [2.05, 4.69) is 23.4 Å². The Morgan fingerprint density at radius 3 is 2.62 bits per heavy atom. The summed E-state index contributed by atoms with van der Waals surface area (Å²) in [5.41, 5.74) is 8.98. The Bertz CT molecular complexity index is 647. The molecule has 0 saturated heterocycles. The van der Waals surface area contributed by atoms with E-state index in [9.17, 15) is 5.11 Å². The normalized spacial score (nSPS) is 20.8. The first-order valence-corrected chi connectivity index (χ1v) is 7.83. The quantitative estimate of drug-likeness (QED) is 0.825. The third-order valence-corrected chi connectivity index (χ3v) is 4.79. The standard InChI is InChI=1S/C17H25N3O/c1-11(21)16-19-14-10-12(18)4-5-15(14)20(16)13-6-8-17(2,3)9-7-13/h4-5,10-11,13,21H,6-9,18H2,1-3H3. The summed E-state index contributed by atoms with van der Waals surface area (Å²) in [6.07, 6.45) is 4.15. The number of aliphatic hydroxyl groups excluding tert-OH is 1. The smallest absolute Gasteiger partial charge is 0.138 e. The molecule has 1 fully saturated rings. The van der Waals surface area contributed by atoms with Crippen molar-refractivity contribution in [1.29, 1.82) is 0 Å². The van der Waals surface area contributed by atoms with Crippen LogP contribution in [0.15, 0.2) is 18.2 Å². The van der Waals surface area contributed by atoms with Crippen LogP contribution in [0.5, 0.6) is 0 Å². The number of aromatic nitrogens is 2. The molecule has 114 valence electrons. The first-order valence-electron chi connectivity index (χ1n) is 7.83. The molecule has 0 amide bonds. The van der Waals surface area contributed by atoms with Gasteiger partial charge in [0.1, 0.15) is 11.9 Å². The largest absolute Gasteiger partial charge is 0.399 e. The number of benzene rings is 1. The number of hydrogen-bond donors (Lipinski definition) is 2. The average Bonchev–Trinajstić information content (AvgIpc) is 2.77. The number of anilines is 1. The predicted octanol–water partition coefficient (Wildman–Crippen LogP) is 3.81. The summed E-state index contributed by atoms with van der Waals surface area (Å²) in [5.74, 6) is 0.764. The fourth-order valence-corrected chi connectivity index (χ4v) is 3.46. The third-order valence-electron chi connectivity index (χ3n) is 4.79. The minimum Gasteiger partial charge on any atom is -0.399 e. The van der Waals surface area contributed by atoms with E-state index in [1.165, 1.54) is 12.8 Å². The van der Waals surface area contributed by atoms with Crippen molar-refractivity contribution in [2.24, 2.45) is 5.41 Å². The molecule has 1 saturated carbocycles. The van der Waals surface area contributed by atoms with Gasteiger partial charge in [-0.15, -0.1) is 0 Å². The number of aliphatic hydroxyl groups is 1. The van der Waals surface area contributed by atoms with Crippen molar-refractivity contribution in [3.8, 4) is 0 Å². The van der Waals surface area contributed by atoms with Crippen LogP contribution < -0.4 is 5.73 Å². The highest BCUT2D eigenvalue weighted by Crippen LogP contribution is 2.42. The molecule has 0 aliphatic heterocycles. The van der Waals surface area contributed by atoms with Gasteiger partial charge in [-0.3, -0.25) is 0 Å². The summed E-state index contributed by atoms with van der Waals surface area (Å²) in [6, 6.07) is 6.27. The Morgan fingerprint density at radius 2 is 2.00 bits per heavy atom. The molecule has 21 heavy (non-hydrogen) atoms. The van der Waals surface area contributed by atoms with Crippen LogP contribution in [0.3, 0.4) is 0 Å². The highest BCUT2D eigenvalue weighted by molar-refractivity contribution is 5.80. The first-order chi connectivity index (χ1) is 9.87. The fraction of sp³-hybridized carbons (Fsp3) is 0.588. The monoisotopic (exact) mass is 287 g/mol. The summed E-state index contributed by atoms with van der Waals surface area (Å²) in [4.78, 5) is 4.62. The maximum atomic E-state index is 10.1. The van der Waals surface area contributed by atoms with Gasteiger partial charge in [-0.05, 0) is 56.2 Å². The van der Waals surface area contributed by atoms with Gasteiger partial charge >= 0.3 is 0 Å². The summed E-state index contributed by atoms with van der Waals surface area (Å²) >= 11 is 0. The molecule has 1 unspecified atom stereocenters. The molecule has 1 aromatic heterocycles. The van der Waals surface area contributed by atoms with Gasteiger partial charge in [-0.25, -0.2) is 4.98 Å². The number of nitrogens with two attached hydrogens (primary N) is 1. The van der Waals surface area contributed by atoms with Crippen LogP contribution in [-0.4, -0.2) is 14.7 Å². The predicted molar refractivity (Wildman–Crippen MR) is 86.1 cm³/mol. The molecular formula is C17H25N3O. The number of imidazole rings is 1. The van der Waals surface area contributed by atoms with Crippen molar-refractivity contribution in [2.75, 3.05) is 5.73 Å². The van der Waals surface area contributed by atoms with Gasteiger partial charge in [-0.2, -0.15) is 0 Å². The molecule has 0 radical (unpaired) electrons. The van der Waals surface area contributed by atoms with Crippen molar-refractivity contribution in [1.82, 2.24) is 9.55 Å². The van der Waals surface area contributed by atoms with Crippen molar-refractivity contribution in [3.05, 3.63) is 24.0 Å². The Balaban J connectivity index is 2.06. The van der Waals surface area contributed by atoms with E-state index in [0.717, 1.165) is 29.7 Å². The first kappa shape index (κ1) is 14.4. The SMILES string of the molecule is CC(O)c1nc2cc(N)ccc2n1C1CCC(C)(C)CC1. The highest BCUT2D eigenvalue weighted by atomic mass is 16.3. The van der Waals surface area contributed by atoms with Gasteiger partial charge in [-0.1, -0.05) is 13.8 Å². The van der Waals surface area contributed by atoms with Crippen LogP contribution in [0.1, 0.15) is 64.4 Å². The van der Waals surface area contributed by atoms with E-state index in [0.29, 0.717) is 17.1 Å². The second-order valence-corrected chi connectivity index (χ2v) is 7.16. The molecule has 1 aliphatic carbocycles. The molecule has 3 rings (SSSR count). The second-order valence-electron chi connectivity index (χ2n) is 7.16. The van der Waals surface area contributed by atoms with Crippen LogP contribution >= 0.6 is 0 Å². The number of nitrogens with zero attached hydrogens (tertiary/aromatic N) is 2. The van der Waals surface area contributed by atoms with Crippen LogP contribution in [0, 0.1) is 5.41 Å². The molecule has 4 heteroatoms. The number of hydrogen-bond acceptors (Lipinski definition) is 3. The molecule has 4 nitrogen and oxygen atoms in total. The zero-order valence-corrected chi connectivity index (χ0v) is 13.1. The molecule has 0 bridgehead atoms. The number of rotatable bonds is 2. The Kier molecular flexibility index (Phi) is 3.44.